The maximum atomic E-state index is 12.3. The normalized spacial score (nSPS) is 11.5. The van der Waals surface area contributed by atoms with E-state index in [9.17, 15) is 9.59 Å². The van der Waals surface area contributed by atoms with Crippen LogP contribution in [0.15, 0.2) is 40.3 Å². The Morgan fingerprint density at radius 2 is 1.87 bits per heavy atom. The van der Waals surface area contributed by atoms with Crippen molar-refractivity contribution in [3.63, 3.8) is 0 Å². The summed E-state index contributed by atoms with van der Waals surface area (Å²) >= 11 is 1.28. The van der Waals surface area contributed by atoms with Crippen LogP contribution in [0, 0.1) is 12.3 Å². The Hall–Kier alpha value is -1.88. The molecular formula is C18H22N2O2S. The fourth-order valence-electron chi connectivity index (χ4n) is 2.01. The maximum Gasteiger partial charge on any atom is 0.255 e. The number of carbonyl (C=O) groups excluding carboxylic acids is 1. The van der Waals surface area contributed by atoms with E-state index in [-0.39, 0.29) is 16.8 Å². The van der Waals surface area contributed by atoms with E-state index in [0.29, 0.717) is 28.6 Å². The lowest BCUT2D eigenvalue weighted by Gasteiger charge is -2.15. The maximum absolute atomic E-state index is 12.3. The summed E-state index contributed by atoms with van der Waals surface area (Å²) in [6.45, 7) is 7.50. The minimum absolute atomic E-state index is 0.132. The fourth-order valence-corrected chi connectivity index (χ4v) is 3.08. The Labute approximate surface area is 140 Å². The van der Waals surface area contributed by atoms with Crippen LogP contribution >= 0.6 is 11.8 Å². The van der Waals surface area contributed by atoms with Crippen LogP contribution in [0.5, 0.6) is 0 Å². The Balaban J connectivity index is 2.14. The van der Waals surface area contributed by atoms with Crippen molar-refractivity contribution in [2.45, 2.75) is 39.3 Å². The number of aromatic nitrogens is 2. The zero-order valence-corrected chi connectivity index (χ0v) is 14.8. The SMILES string of the molecule is Cc1nc(SCC(=O)C(C)(C)C)[nH]c(=O)c1Cc1ccccc1. The predicted molar refractivity (Wildman–Crippen MR) is 94.0 cm³/mol. The molecule has 0 aliphatic carbocycles. The second-order valence-electron chi connectivity index (χ2n) is 6.56. The molecule has 23 heavy (non-hydrogen) atoms. The number of benzene rings is 1. The molecule has 4 nitrogen and oxygen atoms in total. The Morgan fingerprint density at radius 1 is 1.22 bits per heavy atom. The molecule has 0 bridgehead atoms. The predicted octanol–water partition coefficient (Wildman–Crippen LogP) is 3.38. The zero-order chi connectivity index (χ0) is 17.0. The third kappa shape index (κ3) is 4.79. The number of nitrogens with one attached hydrogen (secondary N) is 1. The highest BCUT2D eigenvalue weighted by Gasteiger charge is 2.21. The van der Waals surface area contributed by atoms with Crippen LogP contribution < -0.4 is 5.56 Å². The van der Waals surface area contributed by atoms with Gasteiger partial charge >= 0.3 is 0 Å². The van der Waals surface area contributed by atoms with E-state index in [0.717, 1.165) is 5.56 Å². The van der Waals surface area contributed by atoms with Gasteiger partial charge in [-0.05, 0) is 12.5 Å². The molecule has 122 valence electrons. The summed E-state index contributed by atoms with van der Waals surface area (Å²) in [6, 6.07) is 9.83. The van der Waals surface area contributed by atoms with Crippen LogP contribution in [0.3, 0.4) is 0 Å². The molecule has 0 aliphatic heterocycles. The first-order valence-corrected chi connectivity index (χ1v) is 8.56. The van der Waals surface area contributed by atoms with Crippen molar-refractivity contribution >= 4 is 17.5 Å². The van der Waals surface area contributed by atoms with Gasteiger partial charge in [0.25, 0.3) is 5.56 Å². The standard InChI is InChI=1S/C18H22N2O2S/c1-12-14(10-13-8-6-5-7-9-13)16(22)20-17(19-12)23-11-15(21)18(2,3)4/h5-9H,10-11H2,1-4H3,(H,19,20,22). The van der Waals surface area contributed by atoms with Gasteiger partial charge in [0.15, 0.2) is 5.16 Å². The molecule has 1 N–H and O–H groups in total. The van der Waals surface area contributed by atoms with Gasteiger partial charge in [-0.25, -0.2) is 4.98 Å². The van der Waals surface area contributed by atoms with Crippen molar-refractivity contribution in [3.8, 4) is 0 Å². The molecule has 2 aromatic rings. The van der Waals surface area contributed by atoms with Crippen molar-refractivity contribution in [1.82, 2.24) is 9.97 Å². The summed E-state index contributed by atoms with van der Waals surface area (Å²) in [6.07, 6.45) is 0.556. The number of thioether (sulfide) groups is 1. The van der Waals surface area contributed by atoms with Crippen molar-refractivity contribution in [3.05, 3.63) is 57.5 Å². The lowest BCUT2D eigenvalue weighted by atomic mass is 9.92. The van der Waals surface area contributed by atoms with Crippen molar-refractivity contribution in [2.24, 2.45) is 5.41 Å². The summed E-state index contributed by atoms with van der Waals surface area (Å²) in [5, 5.41) is 0.502. The fraction of sp³-hybridized carbons (Fsp3) is 0.389. The number of hydrogen-bond donors (Lipinski definition) is 1. The van der Waals surface area contributed by atoms with E-state index >= 15 is 0 Å². The Morgan fingerprint density at radius 3 is 2.43 bits per heavy atom. The van der Waals surface area contributed by atoms with Crippen LogP contribution in [0.1, 0.15) is 37.6 Å². The molecule has 0 radical (unpaired) electrons. The average Bonchev–Trinajstić information content (AvgIpc) is 2.48. The first-order valence-electron chi connectivity index (χ1n) is 7.57. The highest BCUT2D eigenvalue weighted by molar-refractivity contribution is 7.99. The molecule has 1 heterocycles. The van der Waals surface area contributed by atoms with Crippen LogP contribution in [-0.4, -0.2) is 21.5 Å². The van der Waals surface area contributed by atoms with Crippen LogP contribution in [-0.2, 0) is 11.2 Å². The number of ketones is 1. The molecule has 1 aromatic carbocycles. The van der Waals surface area contributed by atoms with Gasteiger partial charge in [0.2, 0.25) is 0 Å². The van der Waals surface area contributed by atoms with Gasteiger partial charge in [0, 0.05) is 23.1 Å². The van der Waals surface area contributed by atoms with Crippen LogP contribution in [0.2, 0.25) is 0 Å². The summed E-state index contributed by atoms with van der Waals surface area (Å²) in [7, 11) is 0. The summed E-state index contributed by atoms with van der Waals surface area (Å²) in [5.41, 5.74) is 1.94. The first-order chi connectivity index (χ1) is 10.8. The molecule has 0 fully saturated rings. The minimum atomic E-state index is -0.379. The molecule has 0 amide bonds. The number of hydrogen-bond acceptors (Lipinski definition) is 4. The molecule has 0 spiro atoms. The third-order valence-electron chi connectivity index (χ3n) is 3.60. The van der Waals surface area contributed by atoms with E-state index in [2.05, 4.69) is 9.97 Å². The van der Waals surface area contributed by atoms with Crippen LogP contribution in [0.25, 0.3) is 0 Å². The van der Waals surface area contributed by atoms with E-state index in [1.165, 1.54) is 11.8 Å². The highest BCUT2D eigenvalue weighted by atomic mass is 32.2. The Kier molecular flexibility index (Phi) is 5.42. The molecule has 0 saturated heterocycles. The third-order valence-corrected chi connectivity index (χ3v) is 4.47. The Bertz CT molecular complexity index is 746. The molecule has 0 aliphatic rings. The molecule has 0 saturated carbocycles. The topological polar surface area (TPSA) is 62.8 Å². The average molecular weight is 330 g/mol. The molecule has 0 unspecified atom stereocenters. The second kappa shape index (κ2) is 7.13. The van der Waals surface area contributed by atoms with Gasteiger partial charge in [-0.15, -0.1) is 0 Å². The highest BCUT2D eigenvalue weighted by Crippen LogP contribution is 2.21. The van der Waals surface area contributed by atoms with E-state index in [1.807, 2.05) is 58.0 Å². The molecule has 0 atom stereocenters. The lowest BCUT2D eigenvalue weighted by Crippen LogP contribution is -2.23. The van der Waals surface area contributed by atoms with E-state index < -0.39 is 0 Å². The summed E-state index contributed by atoms with van der Waals surface area (Å²) < 4.78 is 0. The van der Waals surface area contributed by atoms with E-state index in [4.69, 9.17) is 0 Å². The van der Waals surface area contributed by atoms with Gasteiger partial charge in [-0.1, -0.05) is 62.9 Å². The van der Waals surface area contributed by atoms with Gasteiger partial charge in [-0.3, -0.25) is 9.59 Å². The van der Waals surface area contributed by atoms with Gasteiger partial charge in [0.1, 0.15) is 5.78 Å². The molecule has 2 rings (SSSR count). The van der Waals surface area contributed by atoms with E-state index in [1.54, 1.807) is 0 Å². The van der Waals surface area contributed by atoms with Gasteiger partial charge < -0.3 is 4.98 Å². The van der Waals surface area contributed by atoms with Gasteiger partial charge in [-0.2, -0.15) is 0 Å². The molecule has 5 heteroatoms. The number of aryl methyl sites for hydroxylation is 1. The quantitative estimate of drug-likeness (QED) is 0.674. The lowest BCUT2D eigenvalue weighted by molar-refractivity contribution is -0.123. The number of rotatable bonds is 5. The molecule has 1 aromatic heterocycles. The summed E-state index contributed by atoms with van der Waals surface area (Å²) in [4.78, 5) is 31.5. The molecular weight excluding hydrogens is 308 g/mol. The number of carbonyl (C=O) groups is 1. The monoisotopic (exact) mass is 330 g/mol. The first kappa shape index (κ1) is 17.5. The van der Waals surface area contributed by atoms with Crippen molar-refractivity contribution in [2.75, 3.05) is 5.75 Å². The number of nitrogens with zero attached hydrogens (tertiary/aromatic N) is 1. The number of H-pyrrole nitrogens is 1. The number of Topliss-reactive ketones (excluding diaryl/α,β-unsaturated/α-hetero) is 1. The van der Waals surface area contributed by atoms with Crippen molar-refractivity contribution < 1.29 is 4.79 Å². The second-order valence-corrected chi connectivity index (χ2v) is 7.52. The van der Waals surface area contributed by atoms with Crippen molar-refractivity contribution in [1.29, 1.82) is 0 Å². The van der Waals surface area contributed by atoms with Crippen LogP contribution in [0.4, 0.5) is 0 Å². The smallest absolute Gasteiger partial charge is 0.255 e. The summed E-state index contributed by atoms with van der Waals surface area (Å²) in [5.74, 6) is 0.445. The zero-order valence-electron chi connectivity index (χ0n) is 14.0. The number of aromatic amines is 1. The minimum Gasteiger partial charge on any atom is -0.301 e. The van der Waals surface area contributed by atoms with Gasteiger partial charge in [0.05, 0.1) is 5.75 Å². The largest absolute Gasteiger partial charge is 0.301 e.